The smallest absolute Gasteiger partial charge is 0.169 e. The molecule has 0 saturated carbocycles. The molecule has 1 aromatic rings. The molecule has 0 saturated heterocycles. The number of rotatable bonds is 5. The molecule has 74 valence electrons. The van der Waals surface area contributed by atoms with Crippen LogP contribution in [0.25, 0.3) is 0 Å². The van der Waals surface area contributed by atoms with E-state index in [0.29, 0.717) is 6.54 Å². The highest BCUT2D eigenvalue weighted by Gasteiger charge is 2.11. The van der Waals surface area contributed by atoms with Crippen LogP contribution in [-0.4, -0.2) is 13.1 Å². The molecule has 0 amide bonds. The molecule has 0 aliphatic rings. The van der Waals surface area contributed by atoms with Crippen LogP contribution < -0.4 is 11.1 Å². The van der Waals surface area contributed by atoms with Crippen LogP contribution in [0.2, 0.25) is 0 Å². The summed E-state index contributed by atoms with van der Waals surface area (Å²) in [5.74, 6) is 0.892. The Morgan fingerprint density at radius 1 is 1.62 bits per heavy atom. The van der Waals surface area contributed by atoms with Gasteiger partial charge in [-0.3, -0.25) is 0 Å². The van der Waals surface area contributed by atoms with E-state index in [1.807, 2.05) is 12.1 Å². The third kappa shape index (κ3) is 3.14. The van der Waals surface area contributed by atoms with Crippen molar-refractivity contribution in [3.63, 3.8) is 0 Å². The Hall–Kier alpha value is -0.320. The Bertz CT molecular complexity index is 250. The monoisotopic (exact) mass is 246 g/mol. The normalized spacial score (nSPS) is 13.2. The summed E-state index contributed by atoms with van der Waals surface area (Å²) in [5, 5.41) is 3.31. The molecule has 1 aromatic heterocycles. The van der Waals surface area contributed by atoms with E-state index < -0.39 is 0 Å². The molecule has 0 fully saturated rings. The second-order valence-electron chi connectivity index (χ2n) is 2.88. The van der Waals surface area contributed by atoms with E-state index in [9.17, 15) is 0 Å². The minimum atomic E-state index is 0.131. The zero-order chi connectivity index (χ0) is 9.68. The van der Waals surface area contributed by atoms with Crippen molar-refractivity contribution in [2.24, 2.45) is 5.73 Å². The number of hydrogen-bond donors (Lipinski definition) is 2. The van der Waals surface area contributed by atoms with E-state index in [1.54, 1.807) is 0 Å². The molecule has 0 radical (unpaired) electrons. The molecule has 3 nitrogen and oxygen atoms in total. The molecule has 13 heavy (non-hydrogen) atoms. The van der Waals surface area contributed by atoms with Crippen molar-refractivity contribution in [2.45, 2.75) is 19.4 Å². The third-order valence-corrected chi connectivity index (χ3v) is 2.24. The molecular formula is C9H15BrN2O. The van der Waals surface area contributed by atoms with E-state index in [1.165, 1.54) is 0 Å². The molecule has 0 aromatic carbocycles. The lowest BCUT2D eigenvalue weighted by Crippen LogP contribution is -2.28. The van der Waals surface area contributed by atoms with Gasteiger partial charge in [-0.15, -0.1) is 0 Å². The molecule has 1 rings (SSSR count). The van der Waals surface area contributed by atoms with Crippen LogP contribution in [0.4, 0.5) is 0 Å². The van der Waals surface area contributed by atoms with Gasteiger partial charge in [-0.2, -0.15) is 0 Å². The fourth-order valence-corrected chi connectivity index (χ4v) is 1.45. The summed E-state index contributed by atoms with van der Waals surface area (Å²) in [7, 11) is 0. The van der Waals surface area contributed by atoms with Gasteiger partial charge in [0.05, 0.1) is 6.04 Å². The number of nitrogens with two attached hydrogens (primary N) is 1. The predicted octanol–water partition coefficient (Wildman–Crippen LogP) is 2.04. The molecule has 0 spiro atoms. The maximum Gasteiger partial charge on any atom is 0.169 e. The van der Waals surface area contributed by atoms with E-state index in [4.69, 9.17) is 10.2 Å². The molecule has 1 unspecified atom stereocenters. The summed E-state index contributed by atoms with van der Waals surface area (Å²) in [6.07, 6.45) is 1.10. The van der Waals surface area contributed by atoms with Crippen LogP contribution in [0.15, 0.2) is 21.2 Å². The average molecular weight is 247 g/mol. The van der Waals surface area contributed by atoms with Crippen LogP contribution in [0.3, 0.4) is 0 Å². The van der Waals surface area contributed by atoms with Crippen molar-refractivity contribution < 1.29 is 4.42 Å². The van der Waals surface area contributed by atoms with Gasteiger partial charge in [0.25, 0.3) is 0 Å². The van der Waals surface area contributed by atoms with E-state index >= 15 is 0 Å². The molecule has 0 bridgehead atoms. The number of halogens is 1. The van der Waals surface area contributed by atoms with Crippen LogP contribution in [0.1, 0.15) is 25.1 Å². The molecular weight excluding hydrogens is 232 g/mol. The van der Waals surface area contributed by atoms with Crippen molar-refractivity contribution in [3.05, 3.63) is 22.6 Å². The Morgan fingerprint density at radius 3 is 2.85 bits per heavy atom. The Kier molecular flexibility index (Phi) is 4.48. The van der Waals surface area contributed by atoms with Crippen molar-refractivity contribution in [2.75, 3.05) is 13.1 Å². The lowest BCUT2D eigenvalue weighted by Gasteiger charge is -2.13. The summed E-state index contributed by atoms with van der Waals surface area (Å²) in [5.41, 5.74) is 5.62. The lowest BCUT2D eigenvalue weighted by atomic mass is 10.2. The first-order chi connectivity index (χ1) is 6.27. The van der Waals surface area contributed by atoms with Crippen molar-refractivity contribution in [1.82, 2.24) is 5.32 Å². The first-order valence-corrected chi connectivity index (χ1v) is 5.26. The van der Waals surface area contributed by atoms with Crippen LogP contribution in [-0.2, 0) is 0 Å². The highest BCUT2D eigenvalue weighted by Crippen LogP contribution is 2.19. The third-order valence-electron chi connectivity index (χ3n) is 1.81. The summed E-state index contributed by atoms with van der Waals surface area (Å²) in [6.45, 7) is 3.64. The standard InChI is InChI=1S/C9H15BrN2O/c1-2-5-12-7(6-11)8-3-4-9(10)13-8/h3-4,7,12H,2,5-6,11H2,1H3. The van der Waals surface area contributed by atoms with Gasteiger partial charge in [0.1, 0.15) is 5.76 Å². The Labute approximate surface area is 86.8 Å². The number of hydrogen-bond acceptors (Lipinski definition) is 3. The largest absolute Gasteiger partial charge is 0.453 e. The average Bonchev–Trinajstić information content (AvgIpc) is 2.54. The lowest BCUT2D eigenvalue weighted by molar-refractivity contribution is 0.406. The highest BCUT2D eigenvalue weighted by atomic mass is 79.9. The van der Waals surface area contributed by atoms with Gasteiger partial charge in [-0.1, -0.05) is 6.92 Å². The van der Waals surface area contributed by atoms with Crippen molar-refractivity contribution in [3.8, 4) is 0 Å². The van der Waals surface area contributed by atoms with Gasteiger partial charge in [0.15, 0.2) is 4.67 Å². The molecule has 1 atom stereocenters. The van der Waals surface area contributed by atoms with E-state index in [2.05, 4.69) is 28.2 Å². The van der Waals surface area contributed by atoms with Gasteiger partial charge in [-0.25, -0.2) is 0 Å². The summed E-state index contributed by atoms with van der Waals surface area (Å²) < 4.78 is 6.16. The Balaban J connectivity index is 2.56. The first-order valence-electron chi connectivity index (χ1n) is 4.46. The van der Waals surface area contributed by atoms with Crippen molar-refractivity contribution >= 4 is 15.9 Å². The molecule has 0 aliphatic carbocycles. The zero-order valence-corrected chi connectivity index (χ0v) is 9.30. The topological polar surface area (TPSA) is 51.2 Å². The minimum absolute atomic E-state index is 0.131. The van der Waals surface area contributed by atoms with E-state index in [-0.39, 0.29) is 6.04 Å². The van der Waals surface area contributed by atoms with Gasteiger partial charge in [0.2, 0.25) is 0 Å². The van der Waals surface area contributed by atoms with Gasteiger partial charge >= 0.3 is 0 Å². The highest BCUT2D eigenvalue weighted by molar-refractivity contribution is 9.10. The van der Waals surface area contributed by atoms with Gasteiger partial charge < -0.3 is 15.5 Å². The van der Waals surface area contributed by atoms with Crippen LogP contribution in [0, 0.1) is 0 Å². The maximum atomic E-state index is 5.62. The molecule has 4 heteroatoms. The second kappa shape index (κ2) is 5.42. The number of furan rings is 1. The molecule has 1 heterocycles. The quantitative estimate of drug-likeness (QED) is 0.837. The van der Waals surface area contributed by atoms with Gasteiger partial charge in [-0.05, 0) is 41.0 Å². The van der Waals surface area contributed by atoms with E-state index in [0.717, 1.165) is 23.4 Å². The maximum absolute atomic E-state index is 5.62. The van der Waals surface area contributed by atoms with Gasteiger partial charge in [0, 0.05) is 6.54 Å². The zero-order valence-electron chi connectivity index (χ0n) is 7.72. The van der Waals surface area contributed by atoms with Crippen LogP contribution in [0.5, 0.6) is 0 Å². The first kappa shape index (κ1) is 10.8. The van der Waals surface area contributed by atoms with Crippen LogP contribution >= 0.6 is 15.9 Å². The Morgan fingerprint density at radius 2 is 2.38 bits per heavy atom. The molecule has 3 N–H and O–H groups in total. The molecule has 0 aliphatic heterocycles. The summed E-state index contributed by atoms with van der Waals surface area (Å²) in [4.78, 5) is 0. The summed E-state index contributed by atoms with van der Waals surface area (Å²) >= 11 is 3.26. The minimum Gasteiger partial charge on any atom is -0.453 e. The fraction of sp³-hybridized carbons (Fsp3) is 0.556. The SMILES string of the molecule is CCCNC(CN)c1ccc(Br)o1. The fourth-order valence-electron chi connectivity index (χ4n) is 1.13. The second-order valence-corrected chi connectivity index (χ2v) is 3.67. The van der Waals surface area contributed by atoms with Crippen molar-refractivity contribution in [1.29, 1.82) is 0 Å². The summed E-state index contributed by atoms with van der Waals surface area (Å²) in [6, 6.07) is 3.95. The predicted molar refractivity (Wildman–Crippen MR) is 56.5 cm³/mol. The number of nitrogens with one attached hydrogen (secondary N) is 1.